The molecule has 1 amide bonds. The lowest BCUT2D eigenvalue weighted by Crippen LogP contribution is -2.38. The first-order chi connectivity index (χ1) is 8.67. The summed E-state index contributed by atoms with van der Waals surface area (Å²) < 4.78 is 0.217. The van der Waals surface area contributed by atoms with Gasteiger partial charge in [0.25, 0.3) is 5.91 Å². The molecule has 98 valence electrons. The van der Waals surface area contributed by atoms with E-state index in [2.05, 4.69) is 16.6 Å². The van der Waals surface area contributed by atoms with Crippen LogP contribution >= 0.6 is 23.4 Å². The Morgan fingerprint density at radius 3 is 2.89 bits per heavy atom. The molecule has 0 radical (unpaired) electrons. The number of hydrogen-bond acceptors (Lipinski definition) is 3. The van der Waals surface area contributed by atoms with Crippen LogP contribution in [0.2, 0.25) is 5.02 Å². The number of hydrogen-bond donors (Lipinski definition) is 1. The smallest absolute Gasteiger partial charge is 0.252 e. The zero-order valence-corrected chi connectivity index (χ0v) is 12.0. The maximum Gasteiger partial charge on any atom is 0.252 e. The summed E-state index contributed by atoms with van der Waals surface area (Å²) in [5.41, 5.74) is 0.501. The molecule has 0 aliphatic heterocycles. The molecule has 0 unspecified atom stereocenters. The molecule has 18 heavy (non-hydrogen) atoms. The molecular formula is C13H17ClN2OS. The van der Waals surface area contributed by atoms with Crippen molar-refractivity contribution in [2.24, 2.45) is 0 Å². The lowest BCUT2D eigenvalue weighted by molar-refractivity contribution is 0.0949. The molecule has 3 nitrogen and oxygen atoms in total. The van der Waals surface area contributed by atoms with Crippen molar-refractivity contribution in [3.05, 3.63) is 29.0 Å². The van der Waals surface area contributed by atoms with E-state index in [0.29, 0.717) is 17.1 Å². The summed E-state index contributed by atoms with van der Waals surface area (Å²) in [6.45, 7) is 0.714. The number of carbonyl (C=O) groups excluding carboxylic acids is 1. The van der Waals surface area contributed by atoms with Crippen molar-refractivity contribution in [2.75, 3.05) is 12.8 Å². The fourth-order valence-electron chi connectivity index (χ4n) is 2.37. The average Bonchev–Trinajstić information content (AvgIpc) is 2.86. The summed E-state index contributed by atoms with van der Waals surface area (Å²) in [6.07, 6.45) is 10.1. The minimum Gasteiger partial charge on any atom is -0.351 e. The van der Waals surface area contributed by atoms with Gasteiger partial charge in [0.05, 0.1) is 10.6 Å². The van der Waals surface area contributed by atoms with Crippen molar-refractivity contribution in [2.45, 2.75) is 30.4 Å². The van der Waals surface area contributed by atoms with Crippen LogP contribution in [-0.2, 0) is 0 Å². The number of nitrogens with zero attached hydrogens (tertiary/aromatic N) is 1. The Bertz CT molecular complexity index is 433. The van der Waals surface area contributed by atoms with Crippen LogP contribution in [-0.4, -0.2) is 28.4 Å². The molecular weight excluding hydrogens is 268 g/mol. The molecule has 0 saturated heterocycles. The van der Waals surface area contributed by atoms with E-state index < -0.39 is 0 Å². The number of nitrogens with one attached hydrogen (secondary N) is 1. The normalized spacial score (nSPS) is 17.7. The third kappa shape index (κ3) is 2.98. The van der Waals surface area contributed by atoms with Gasteiger partial charge in [-0.1, -0.05) is 24.4 Å². The van der Waals surface area contributed by atoms with E-state index in [1.165, 1.54) is 31.9 Å². The highest BCUT2D eigenvalue weighted by Gasteiger charge is 2.33. The van der Waals surface area contributed by atoms with Crippen LogP contribution in [0.4, 0.5) is 0 Å². The number of rotatable bonds is 4. The van der Waals surface area contributed by atoms with Gasteiger partial charge < -0.3 is 5.32 Å². The molecule has 1 aliphatic rings. The maximum absolute atomic E-state index is 12.0. The molecule has 0 bridgehead atoms. The van der Waals surface area contributed by atoms with Crippen molar-refractivity contribution >= 4 is 29.3 Å². The topological polar surface area (TPSA) is 42.0 Å². The summed E-state index contributed by atoms with van der Waals surface area (Å²) in [7, 11) is 0. The average molecular weight is 285 g/mol. The summed E-state index contributed by atoms with van der Waals surface area (Å²) >= 11 is 7.82. The van der Waals surface area contributed by atoms with Crippen molar-refractivity contribution < 1.29 is 4.79 Å². The first kappa shape index (κ1) is 13.7. The first-order valence-electron chi connectivity index (χ1n) is 6.10. The summed E-state index contributed by atoms with van der Waals surface area (Å²) in [5, 5.41) is 3.40. The Morgan fingerprint density at radius 1 is 1.56 bits per heavy atom. The van der Waals surface area contributed by atoms with Gasteiger partial charge in [-0.2, -0.15) is 11.8 Å². The van der Waals surface area contributed by atoms with Crippen LogP contribution in [0.3, 0.4) is 0 Å². The van der Waals surface area contributed by atoms with Crippen molar-refractivity contribution in [1.82, 2.24) is 10.3 Å². The quantitative estimate of drug-likeness (QED) is 0.923. The van der Waals surface area contributed by atoms with Crippen LogP contribution < -0.4 is 5.32 Å². The molecule has 1 saturated carbocycles. The zero-order chi connectivity index (χ0) is 13.0. The van der Waals surface area contributed by atoms with E-state index in [1.807, 2.05) is 11.8 Å². The summed E-state index contributed by atoms with van der Waals surface area (Å²) in [5.74, 6) is -0.109. The molecule has 1 aromatic rings. The monoisotopic (exact) mass is 284 g/mol. The molecule has 1 heterocycles. The number of amides is 1. The number of halogens is 1. The predicted octanol–water partition coefficient (Wildman–Crippen LogP) is 3.14. The van der Waals surface area contributed by atoms with E-state index in [1.54, 1.807) is 12.3 Å². The second kappa shape index (κ2) is 5.93. The second-order valence-corrected chi connectivity index (χ2v) is 6.31. The number of pyridine rings is 1. The minimum atomic E-state index is -0.109. The third-order valence-corrected chi connectivity index (χ3v) is 5.26. The fraction of sp³-hybridized carbons (Fsp3) is 0.538. The number of thioether (sulfide) groups is 1. The van der Waals surface area contributed by atoms with E-state index in [0.717, 1.165) is 0 Å². The highest BCUT2D eigenvalue weighted by molar-refractivity contribution is 8.00. The van der Waals surface area contributed by atoms with Gasteiger partial charge in [0.2, 0.25) is 0 Å². The van der Waals surface area contributed by atoms with Gasteiger partial charge >= 0.3 is 0 Å². The summed E-state index contributed by atoms with van der Waals surface area (Å²) in [4.78, 5) is 15.9. The Hall–Kier alpha value is -0.740. The van der Waals surface area contributed by atoms with Crippen LogP contribution in [0.5, 0.6) is 0 Å². The highest BCUT2D eigenvalue weighted by atomic mass is 35.5. The van der Waals surface area contributed by atoms with Crippen LogP contribution in [0, 0.1) is 0 Å². The molecule has 0 aromatic carbocycles. The lowest BCUT2D eigenvalue weighted by atomic mass is 10.1. The van der Waals surface area contributed by atoms with E-state index in [-0.39, 0.29) is 10.7 Å². The fourth-order valence-corrected chi connectivity index (χ4v) is 3.49. The SMILES string of the molecule is CSC1(CNC(=O)c2ccncc2Cl)CCCC1. The van der Waals surface area contributed by atoms with E-state index in [9.17, 15) is 4.79 Å². The Balaban J connectivity index is 1.98. The third-order valence-electron chi connectivity index (χ3n) is 3.54. The molecule has 2 rings (SSSR count). The Morgan fingerprint density at radius 2 is 2.28 bits per heavy atom. The van der Waals surface area contributed by atoms with Gasteiger partial charge in [0.15, 0.2) is 0 Å². The highest BCUT2D eigenvalue weighted by Crippen LogP contribution is 2.39. The second-order valence-electron chi connectivity index (χ2n) is 4.63. The molecule has 1 aliphatic carbocycles. The van der Waals surface area contributed by atoms with Gasteiger partial charge in [-0.15, -0.1) is 0 Å². The van der Waals surface area contributed by atoms with Gasteiger partial charge in [-0.25, -0.2) is 0 Å². The van der Waals surface area contributed by atoms with Crippen molar-refractivity contribution in [3.8, 4) is 0 Å². The molecule has 0 atom stereocenters. The number of carbonyl (C=O) groups is 1. The molecule has 1 N–H and O–H groups in total. The zero-order valence-electron chi connectivity index (χ0n) is 10.4. The first-order valence-corrected chi connectivity index (χ1v) is 7.70. The standard InChI is InChI=1S/C13H17ClN2OS/c1-18-13(5-2-3-6-13)9-16-12(17)10-4-7-15-8-11(10)14/h4,7-8H,2-3,5-6,9H2,1H3,(H,16,17). The van der Waals surface area contributed by atoms with Gasteiger partial charge in [-0.3, -0.25) is 9.78 Å². The van der Waals surface area contributed by atoms with Crippen LogP contribution in [0.25, 0.3) is 0 Å². The largest absolute Gasteiger partial charge is 0.351 e. The Labute approximate surface area is 117 Å². The lowest BCUT2D eigenvalue weighted by Gasteiger charge is -2.26. The maximum atomic E-state index is 12.0. The van der Waals surface area contributed by atoms with Crippen LogP contribution in [0.1, 0.15) is 36.0 Å². The van der Waals surface area contributed by atoms with Crippen molar-refractivity contribution in [3.63, 3.8) is 0 Å². The molecule has 0 spiro atoms. The minimum absolute atomic E-state index is 0.109. The number of aromatic nitrogens is 1. The molecule has 1 fully saturated rings. The van der Waals surface area contributed by atoms with Crippen LogP contribution in [0.15, 0.2) is 18.5 Å². The predicted molar refractivity (Wildman–Crippen MR) is 76.3 cm³/mol. The van der Waals surface area contributed by atoms with Crippen molar-refractivity contribution in [1.29, 1.82) is 0 Å². The van der Waals surface area contributed by atoms with Gasteiger partial charge in [0.1, 0.15) is 0 Å². The molecule has 5 heteroatoms. The van der Waals surface area contributed by atoms with Gasteiger partial charge in [0, 0.05) is 23.7 Å². The van der Waals surface area contributed by atoms with E-state index >= 15 is 0 Å². The van der Waals surface area contributed by atoms with E-state index in [4.69, 9.17) is 11.6 Å². The Kier molecular flexibility index (Phi) is 4.51. The van der Waals surface area contributed by atoms with Gasteiger partial charge in [-0.05, 0) is 25.2 Å². The molecule has 1 aromatic heterocycles. The summed E-state index contributed by atoms with van der Waals surface area (Å²) in [6, 6.07) is 1.65.